The Morgan fingerprint density at radius 3 is 3.04 bits per heavy atom. The van der Waals surface area contributed by atoms with Crippen molar-refractivity contribution in [3.05, 3.63) is 47.1 Å². The summed E-state index contributed by atoms with van der Waals surface area (Å²) in [7, 11) is 1.59. The molecule has 0 saturated carbocycles. The largest absolute Gasteiger partial charge is 0.383 e. The first-order valence-electron chi connectivity index (χ1n) is 7.52. The zero-order chi connectivity index (χ0) is 18.0. The first-order chi connectivity index (χ1) is 12.0. The quantitative estimate of drug-likeness (QED) is 0.719. The molecule has 0 fully saturated rings. The van der Waals surface area contributed by atoms with Crippen molar-refractivity contribution in [1.82, 2.24) is 29.5 Å². The topological polar surface area (TPSA) is 86.3 Å². The molecule has 8 nitrogen and oxygen atoms in total. The minimum absolute atomic E-state index is 0.294. The molecule has 3 rings (SSSR count). The summed E-state index contributed by atoms with van der Waals surface area (Å²) < 4.78 is 22.3. The number of ether oxygens (including phenoxy) is 1. The third kappa shape index (κ3) is 3.47. The van der Waals surface area contributed by atoms with E-state index in [1.165, 1.54) is 12.3 Å². The fourth-order valence-electron chi connectivity index (χ4n) is 2.43. The summed E-state index contributed by atoms with van der Waals surface area (Å²) in [5.41, 5.74) is -0.0139. The number of carbonyl (C=O) groups excluding carboxylic acids is 1. The lowest BCUT2D eigenvalue weighted by atomic mass is 10.3. The Hall–Kier alpha value is -2.52. The van der Waals surface area contributed by atoms with Crippen LogP contribution in [0.5, 0.6) is 0 Å². The smallest absolute Gasteiger partial charge is 0.275 e. The summed E-state index contributed by atoms with van der Waals surface area (Å²) >= 11 is 5.85. The van der Waals surface area contributed by atoms with E-state index in [0.29, 0.717) is 29.6 Å². The standard InChI is InChI=1S/C15H16ClFN6O2/c1-9(14-21-18-8-22(14)5-6-25-2)19-15(24)12-13(17)23-7-10(16)3-4-11(23)20-12/h3-4,7-9H,5-6H2,1-2H3,(H,19,24)/t9-/m0/s1. The second-order valence-corrected chi connectivity index (χ2v) is 5.83. The molecule has 1 atom stereocenters. The first kappa shape index (κ1) is 17.3. The third-order valence-corrected chi connectivity index (χ3v) is 3.88. The second kappa shape index (κ2) is 7.16. The average Bonchev–Trinajstić information content (AvgIpc) is 3.18. The number of fused-ring (bicyclic) bond motifs is 1. The van der Waals surface area contributed by atoms with Gasteiger partial charge in [0.1, 0.15) is 12.0 Å². The maximum atomic E-state index is 14.4. The van der Waals surface area contributed by atoms with Gasteiger partial charge < -0.3 is 14.6 Å². The molecule has 1 amide bonds. The highest BCUT2D eigenvalue weighted by Crippen LogP contribution is 2.17. The van der Waals surface area contributed by atoms with Gasteiger partial charge in [-0.3, -0.25) is 9.20 Å². The van der Waals surface area contributed by atoms with Crippen LogP contribution < -0.4 is 5.32 Å². The molecule has 0 bridgehead atoms. The van der Waals surface area contributed by atoms with Crippen LogP contribution in [0.25, 0.3) is 5.65 Å². The molecule has 0 aliphatic carbocycles. The Morgan fingerprint density at radius 1 is 1.48 bits per heavy atom. The summed E-state index contributed by atoms with van der Waals surface area (Å²) in [5.74, 6) is -0.883. The van der Waals surface area contributed by atoms with Gasteiger partial charge >= 0.3 is 0 Å². The van der Waals surface area contributed by atoms with Crippen LogP contribution in [0.2, 0.25) is 5.02 Å². The number of aromatic nitrogens is 5. The zero-order valence-corrected chi connectivity index (χ0v) is 14.4. The van der Waals surface area contributed by atoms with Crippen LogP contribution in [0, 0.1) is 5.95 Å². The molecule has 25 heavy (non-hydrogen) atoms. The highest BCUT2D eigenvalue weighted by molar-refractivity contribution is 6.30. The number of halogens is 2. The van der Waals surface area contributed by atoms with Gasteiger partial charge in [0.15, 0.2) is 11.5 Å². The lowest BCUT2D eigenvalue weighted by Crippen LogP contribution is -2.30. The first-order valence-corrected chi connectivity index (χ1v) is 7.89. The Balaban J connectivity index is 1.80. The van der Waals surface area contributed by atoms with Gasteiger partial charge in [-0.05, 0) is 19.1 Å². The molecule has 3 aromatic rings. The Labute approximate surface area is 147 Å². The SMILES string of the molecule is COCCn1cnnc1[C@H](C)NC(=O)c1nc2ccc(Cl)cn2c1F. The van der Waals surface area contributed by atoms with E-state index in [-0.39, 0.29) is 5.69 Å². The fourth-order valence-corrected chi connectivity index (χ4v) is 2.59. The molecular formula is C15H16ClFN6O2. The van der Waals surface area contributed by atoms with Gasteiger partial charge in [0.2, 0.25) is 5.95 Å². The number of pyridine rings is 1. The van der Waals surface area contributed by atoms with Crippen molar-refractivity contribution in [2.75, 3.05) is 13.7 Å². The van der Waals surface area contributed by atoms with Crippen LogP contribution in [0.3, 0.4) is 0 Å². The van der Waals surface area contributed by atoms with E-state index in [1.54, 1.807) is 31.0 Å². The molecule has 0 spiro atoms. The van der Waals surface area contributed by atoms with Gasteiger partial charge in [0.05, 0.1) is 17.7 Å². The number of carbonyl (C=O) groups is 1. The highest BCUT2D eigenvalue weighted by Gasteiger charge is 2.23. The van der Waals surface area contributed by atoms with Gasteiger partial charge in [-0.15, -0.1) is 10.2 Å². The number of methoxy groups -OCH3 is 1. The van der Waals surface area contributed by atoms with Gasteiger partial charge in [-0.2, -0.15) is 4.39 Å². The molecule has 0 saturated heterocycles. The highest BCUT2D eigenvalue weighted by atomic mass is 35.5. The van der Waals surface area contributed by atoms with E-state index in [0.717, 1.165) is 4.40 Å². The lowest BCUT2D eigenvalue weighted by Gasteiger charge is -2.14. The molecule has 10 heteroatoms. The predicted octanol–water partition coefficient (Wildman–Crippen LogP) is 1.86. The summed E-state index contributed by atoms with van der Waals surface area (Å²) in [5, 5.41) is 10.9. The summed E-state index contributed by atoms with van der Waals surface area (Å²) in [4.78, 5) is 16.4. The summed E-state index contributed by atoms with van der Waals surface area (Å²) in [6.45, 7) is 2.75. The molecule has 0 aliphatic heterocycles. The van der Waals surface area contributed by atoms with E-state index in [4.69, 9.17) is 16.3 Å². The third-order valence-electron chi connectivity index (χ3n) is 3.66. The van der Waals surface area contributed by atoms with Gasteiger partial charge in [0, 0.05) is 19.9 Å². The molecule has 3 aromatic heterocycles. The Bertz CT molecular complexity index is 909. The molecule has 0 aliphatic rings. The molecule has 0 aromatic carbocycles. The number of hydrogen-bond acceptors (Lipinski definition) is 5. The zero-order valence-electron chi connectivity index (χ0n) is 13.6. The maximum absolute atomic E-state index is 14.4. The van der Waals surface area contributed by atoms with Crippen molar-refractivity contribution >= 4 is 23.2 Å². The van der Waals surface area contributed by atoms with Crippen LogP contribution >= 0.6 is 11.6 Å². The summed E-state index contributed by atoms with van der Waals surface area (Å²) in [6.07, 6.45) is 2.91. The van der Waals surface area contributed by atoms with E-state index in [2.05, 4.69) is 20.5 Å². The minimum atomic E-state index is -0.775. The number of hydrogen-bond donors (Lipinski definition) is 1. The van der Waals surface area contributed by atoms with Crippen LogP contribution in [0.15, 0.2) is 24.7 Å². The molecule has 3 heterocycles. The van der Waals surface area contributed by atoms with E-state index < -0.39 is 17.9 Å². The van der Waals surface area contributed by atoms with Gasteiger partial charge in [-0.25, -0.2) is 4.98 Å². The van der Waals surface area contributed by atoms with Crippen molar-refractivity contribution in [2.45, 2.75) is 19.5 Å². The minimum Gasteiger partial charge on any atom is -0.383 e. The van der Waals surface area contributed by atoms with Crippen LogP contribution in [0.1, 0.15) is 29.3 Å². The molecule has 132 valence electrons. The maximum Gasteiger partial charge on any atom is 0.275 e. The Morgan fingerprint density at radius 2 is 2.28 bits per heavy atom. The molecule has 1 N–H and O–H groups in total. The number of nitrogens with one attached hydrogen (secondary N) is 1. The molecular weight excluding hydrogens is 351 g/mol. The van der Waals surface area contributed by atoms with Gasteiger partial charge in [-0.1, -0.05) is 11.6 Å². The molecule has 0 unspecified atom stereocenters. The second-order valence-electron chi connectivity index (χ2n) is 5.40. The van der Waals surface area contributed by atoms with Gasteiger partial charge in [0.25, 0.3) is 5.91 Å². The van der Waals surface area contributed by atoms with Crippen LogP contribution in [-0.2, 0) is 11.3 Å². The average molecular weight is 367 g/mol. The van der Waals surface area contributed by atoms with E-state index >= 15 is 0 Å². The Kier molecular flexibility index (Phi) is 4.95. The predicted molar refractivity (Wildman–Crippen MR) is 87.9 cm³/mol. The van der Waals surface area contributed by atoms with Crippen molar-refractivity contribution in [1.29, 1.82) is 0 Å². The lowest BCUT2D eigenvalue weighted by molar-refractivity contribution is 0.0928. The monoisotopic (exact) mass is 366 g/mol. The number of nitrogens with zero attached hydrogens (tertiary/aromatic N) is 5. The van der Waals surface area contributed by atoms with Crippen LogP contribution in [-0.4, -0.2) is 43.8 Å². The molecule has 0 radical (unpaired) electrons. The van der Waals surface area contributed by atoms with Crippen molar-refractivity contribution in [3.63, 3.8) is 0 Å². The number of imidazole rings is 1. The van der Waals surface area contributed by atoms with Crippen LogP contribution in [0.4, 0.5) is 4.39 Å². The number of rotatable bonds is 6. The van der Waals surface area contributed by atoms with Crippen molar-refractivity contribution in [3.8, 4) is 0 Å². The summed E-state index contributed by atoms with van der Waals surface area (Å²) in [6, 6.07) is 2.62. The van der Waals surface area contributed by atoms with Crippen molar-refractivity contribution < 1.29 is 13.9 Å². The number of amides is 1. The fraction of sp³-hybridized carbons (Fsp3) is 0.333. The van der Waals surface area contributed by atoms with Crippen molar-refractivity contribution in [2.24, 2.45) is 0 Å². The normalized spacial score (nSPS) is 12.5. The van der Waals surface area contributed by atoms with E-state index in [1.807, 2.05) is 0 Å². The van der Waals surface area contributed by atoms with E-state index in [9.17, 15) is 9.18 Å².